The molecule has 1 aromatic carbocycles. The Labute approximate surface area is 175 Å². The number of fused-ring (bicyclic) bond motifs is 1. The van der Waals surface area contributed by atoms with E-state index in [0.29, 0.717) is 19.0 Å². The maximum Gasteiger partial charge on any atom is 0.191 e. The number of hydrogen-bond donors (Lipinski definition) is 3. The molecule has 1 aromatic heterocycles. The van der Waals surface area contributed by atoms with Crippen molar-refractivity contribution in [1.82, 2.24) is 15.5 Å². The molecule has 0 aliphatic carbocycles. The molecule has 2 heterocycles. The van der Waals surface area contributed by atoms with E-state index in [0.717, 1.165) is 24.6 Å². The monoisotopic (exact) mass is 490 g/mol. The smallest absolute Gasteiger partial charge is 0.191 e. The lowest BCUT2D eigenvalue weighted by Gasteiger charge is -2.30. The van der Waals surface area contributed by atoms with Crippen LogP contribution in [0, 0.1) is 0 Å². The molecule has 3 rings (SSSR count). The molecule has 0 spiro atoms. The number of benzene rings is 1. The summed E-state index contributed by atoms with van der Waals surface area (Å²) in [5.74, 6) is 0.678. The molecule has 0 radical (unpaired) electrons. The maximum atomic E-state index is 10.5. The van der Waals surface area contributed by atoms with Gasteiger partial charge in [0.15, 0.2) is 5.96 Å². The number of thiophene rings is 1. The zero-order chi connectivity index (χ0) is 17.6. The van der Waals surface area contributed by atoms with E-state index in [1.807, 2.05) is 18.2 Å². The molecular weight excluding hydrogens is 463 g/mol. The molecular formula is C18H27IN4O2S. The summed E-state index contributed by atoms with van der Waals surface area (Å²) in [5, 5.41) is 18.1. The van der Waals surface area contributed by atoms with Crippen molar-refractivity contribution in [3.8, 4) is 0 Å². The van der Waals surface area contributed by atoms with Crippen LogP contribution < -0.4 is 10.6 Å². The lowest BCUT2D eigenvalue weighted by molar-refractivity contribution is -0.0161. The van der Waals surface area contributed by atoms with Crippen LogP contribution in [0.1, 0.15) is 11.0 Å². The van der Waals surface area contributed by atoms with Crippen molar-refractivity contribution in [2.45, 2.75) is 12.2 Å². The summed E-state index contributed by atoms with van der Waals surface area (Å²) in [6, 6.07) is 10.2. The second-order valence-corrected chi connectivity index (χ2v) is 7.41. The second kappa shape index (κ2) is 10.4. The van der Waals surface area contributed by atoms with Gasteiger partial charge in [0.25, 0.3) is 0 Å². The van der Waals surface area contributed by atoms with E-state index < -0.39 is 6.10 Å². The standard InChI is InChI=1S/C18H26N4O2S.HI/c1-19-18(20-10-14-12-22(2)7-8-24-14)21-11-15(23)17-9-13-5-3-4-6-16(13)25-17;/h3-6,9,14-15,23H,7-8,10-12H2,1-2H3,(H2,19,20,21);1H. The molecule has 0 bridgehead atoms. The molecule has 26 heavy (non-hydrogen) atoms. The van der Waals surface area contributed by atoms with Gasteiger partial charge >= 0.3 is 0 Å². The first kappa shape index (κ1) is 21.4. The zero-order valence-corrected chi connectivity index (χ0v) is 18.3. The fraction of sp³-hybridized carbons (Fsp3) is 0.500. The van der Waals surface area contributed by atoms with Gasteiger partial charge in [-0.1, -0.05) is 18.2 Å². The molecule has 2 aromatic rings. The summed E-state index contributed by atoms with van der Waals surface area (Å²) in [6.45, 7) is 3.76. The van der Waals surface area contributed by atoms with Crippen molar-refractivity contribution in [1.29, 1.82) is 0 Å². The minimum atomic E-state index is -0.562. The summed E-state index contributed by atoms with van der Waals surface area (Å²) in [5.41, 5.74) is 0. The average molecular weight is 490 g/mol. The highest BCUT2D eigenvalue weighted by Gasteiger charge is 2.18. The number of morpholine rings is 1. The largest absolute Gasteiger partial charge is 0.386 e. The highest BCUT2D eigenvalue weighted by molar-refractivity contribution is 14.0. The van der Waals surface area contributed by atoms with Crippen LogP contribution in [-0.4, -0.2) is 69.0 Å². The Bertz CT molecular complexity index is 691. The summed E-state index contributed by atoms with van der Waals surface area (Å²) >= 11 is 1.63. The Hall–Kier alpha value is -0.940. The van der Waals surface area contributed by atoms with Crippen LogP contribution in [0.3, 0.4) is 0 Å². The van der Waals surface area contributed by atoms with Gasteiger partial charge < -0.3 is 25.4 Å². The van der Waals surface area contributed by atoms with Crippen LogP contribution in [0.2, 0.25) is 0 Å². The number of aliphatic hydroxyl groups excluding tert-OH is 1. The number of nitrogens with one attached hydrogen (secondary N) is 2. The Morgan fingerprint density at radius 2 is 2.23 bits per heavy atom. The van der Waals surface area contributed by atoms with Crippen LogP contribution in [0.15, 0.2) is 35.3 Å². The molecule has 3 N–H and O–H groups in total. The summed E-state index contributed by atoms with van der Waals surface area (Å²) in [7, 11) is 3.83. The molecule has 144 valence electrons. The molecule has 0 saturated carbocycles. The van der Waals surface area contributed by atoms with Gasteiger partial charge in [-0.3, -0.25) is 4.99 Å². The number of guanidine groups is 1. The van der Waals surface area contributed by atoms with Crippen molar-refractivity contribution in [3.63, 3.8) is 0 Å². The third-order valence-electron chi connectivity index (χ3n) is 4.30. The lowest BCUT2D eigenvalue weighted by atomic mass is 10.2. The number of rotatable bonds is 5. The van der Waals surface area contributed by atoms with Gasteiger partial charge in [-0.25, -0.2) is 0 Å². The minimum Gasteiger partial charge on any atom is -0.386 e. The van der Waals surface area contributed by atoms with Crippen LogP contribution in [0.4, 0.5) is 0 Å². The Kier molecular flexibility index (Phi) is 8.55. The Morgan fingerprint density at radius 1 is 1.42 bits per heavy atom. The molecule has 2 atom stereocenters. The summed E-state index contributed by atoms with van der Waals surface area (Å²) in [4.78, 5) is 7.44. The fourth-order valence-electron chi connectivity index (χ4n) is 2.88. The van der Waals surface area contributed by atoms with Gasteiger partial charge in [-0.05, 0) is 24.6 Å². The molecule has 8 heteroatoms. The number of likely N-dealkylation sites (N-methyl/N-ethyl adjacent to an activating group) is 1. The van der Waals surface area contributed by atoms with Gasteiger partial charge in [0, 0.05) is 42.8 Å². The first-order valence-corrected chi connectivity index (χ1v) is 9.38. The predicted octanol–water partition coefficient (Wildman–Crippen LogP) is 2.05. The van der Waals surface area contributed by atoms with E-state index in [1.165, 1.54) is 10.1 Å². The second-order valence-electron chi connectivity index (χ2n) is 6.29. The molecule has 1 fully saturated rings. The first-order valence-electron chi connectivity index (χ1n) is 8.57. The molecule has 0 amide bonds. The number of aliphatic imine (C=N–C) groups is 1. The predicted molar refractivity (Wildman–Crippen MR) is 119 cm³/mol. The third-order valence-corrected chi connectivity index (χ3v) is 5.52. The minimum absolute atomic E-state index is 0. The zero-order valence-electron chi connectivity index (χ0n) is 15.1. The summed E-state index contributed by atoms with van der Waals surface area (Å²) < 4.78 is 6.93. The fourth-order valence-corrected chi connectivity index (χ4v) is 3.93. The van der Waals surface area contributed by atoms with Crippen molar-refractivity contribution in [2.24, 2.45) is 4.99 Å². The first-order chi connectivity index (χ1) is 12.2. The van der Waals surface area contributed by atoms with Gasteiger partial charge in [0.1, 0.15) is 6.10 Å². The quantitative estimate of drug-likeness (QED) is 0.340. The molecule has 2 unspecified atom stereocenters. The molecule has 1 aliphatic heterocycles. The summed E-state index contributed by atoms with van der Waals surface area (Å²) in [6.07, 6.45) is -0.405. The maximum absolute atomic E-state index is 10.5. The van der Waals surface area contributed by atoms with Crippen molar-refractivity contribution < 1.29 is 9.84 Å². The van der Waals surface area contributed by atoms with Crippen molar-refractivity contribution in [3.05, 3.63) is 35.2 Å². The third kappa shape index (κ3) is 5.78. The number of aliphatic hydroxyl groups is 1. The molecule has 6 nitrogen and oxygen atoms in total. The van der Waals surface area contributed by atoms with Gasteiger partial charge in [0.2, 0.25) is 0 Å². The van der Waals surface area contributed by atoms with Crippen LogP contribution in [0.5, 0.6) is 0 Å². The van der Waals surface area contributed by atoms with Gasteiger partial charge in [-0.15, -0.1) is 35.3 Å². The number of nitrogens with zero attached hydrogens (tertiary/aromatic N) is 2. The van der Waals surface area contributed by atoms with Gasteiger partial charge in [0.05, 0.1) is 12.7 Å². The van der Waals surface area contributed by atoms with Crippen LogP contribution >= 0.6 is 35.3 Å². The van der Waals surface area contributed by atoms with Crippen LogP contribution in [0.25, 0.3) is 10.1 Å². The van der Waals surface area contributed by atoms with E-state index >= 15 is 0 Å². The van der Waals surface area contributed by atoms with E-state index in [1.54, 1.807) is 18.4 Å². The lowest BCUT2D eigenvalue weighted by Crippen LogP contribution is -2.48. The molecule has 1 aliphatic rings. The molecule has 1 saturated heterocycles. The highest BCUT2D eigenvalue weighted by atomic mass is 127. The number of halogens is 1. The number of ether oxygens (including phenoxy) is 1. The van der Waals surface area contributed by atoms with Gasteiger partial charge in [-0.2, -0.15) is 0 Å². The topological polar surface area (TPSA) is 69.1 Å². The SMILES string of the molecule is CN=C(NCC1CN(C)CCO1)NCC(O)c1cc2ccccc2s1.I. The van der Waals surface area contributed by atoms with Crippen molar-refractivity contribution >= 4 is 51.4 Å². The highest BCUT2D eigenvalue weighted by Crippen LogP contribution is 2.29. The van der Waals surface area contributed by atoms with E-state index in [9.17, 15) is 5.11 Å². The Balaban J connectivity index is 0.00000243. The van der Waals surface area contributed by atoms with E-state index in [2.05, 4.69) is 39.7 Å². The van der Waals surface area contributed by atoms with E-state index in [4.69, 9.17) is 4.74 Å². The van der Waals surface area contributed by atoms with E-state index in [-0.39, 0.29) is 30.1 Å². The normalized spacial score (nSPS) is 19.8. The Morgan fingerprint density at radius 3 is 2.96 bits per heavy atom. The van der Waals surface area contributed by atoms with Crippen LogP contribution in [-0.2, 0) is 4.74 Å². The van der Waals surface area contributed by atoms with Crippen molar-refractivity contribution in [2.75, 3.05) is 46.9 Å². The average Bonchev–Trinajstić information content (AvgIpc) is 3.06. The number of hydrogen-bond acceptors (Lipinski definition) is 5.